The van der Waals surface area contributed by atoms with Gasteiger partial charge >= 0.3 is 0 Å². The maximum Gasteiger partial charge on any atom is 0.135 e. The zero-order valence-corrected chi connectivity index (χ0v) is 30.3. The second kappa shape index (κ2) is 11.3. The van der Waals surface area contributed by atoms with E-state index in [1.54, 1.807) is 0 Å². The average Bonchev–Trinajstić information content (AvgIpc) is 3.75. The quantitative estimate of drug-likeness (QED) is 0.132. The van der Waals surface area contributed by atoms with E-state index in [-0.39, 0.29) is 0 Å². The fourth-order valence-electron chi connectivity index (χ4n) is 9.97. The number of benzene rings is 10. The van der Waals surface area contributed by atoms with E-state index < -0.39 is 5.41 Å². The molecule has 0 fully saturated rings. The summed E-state index contributed by atoms with van der Waals surface area (Å²) in [5.41, 5.74) is 13.0. The molecule has 1 unspecified atom stereocenters. The lowest BCUT2D eigenvalue weighted by molar-refractivity contribution is 0.667. The molecule has 1 aliphatic rings. The standard InChI is InChI=1S/C54H34O/c1-54(37-26-30-49-45(32-37)40-19-11-12-22-48(40)55-49)46-29-25-34-14-5-7-17-38(34)52(46)43-27-24-36(31-47(43)54)50-41-20-9-10-21-42(41)51(35-15-3-2-4-16-35)53-39-18-8-6-13-33(39)23-28-44(50)53/h2-32H,1H3. The van der Waals surface area contributed by atoms with Crippen molar-refractivity contribution in [1.82, 2.24) is 0 Å². The summed E-state index contributed by atoms with van der Waals surface area (Å²) >= 11 is 0. The van der Waals surface area contributed by atoms with Crippen LogP contribution in [0.2, 0.25) is 0 Å². The highest BCUT2D eigenvalue weighted by molar-refractivity contribution is 6.28. The SMILES string of the molecule is CC1(c2ccc3oc4ccccc4c3c2)c2cc(-c3c4ccccc4c(-c4ccccc4)c4c3ccc3ccccc34)ccc2-c2c1ccc1ccccc21. The summed E-state index contributed by atoms with van der Waals surface area (Å²) in [7, 11) is 0. The molecule has 10 aromatic carbocycles. The van der Waals surface area contributed by atoms with Gasteiger partial charge in [0.05, 0.1) is 0 Å². The minimum absolute atomic E-state index is 0.417. The highest BCUT2D eigenvalue weighted by Crippen LogP contribution is 2.56. The van der Waals surface area contributed by atoms with Gasteiger partial charge in [-0.3, -0.25) is 0 Å². The van der Waals surface area contributed by atoms with Crippen LogP contribution >= 0.6 is 0 Å². The summed E-state index contributed by atoms with van der Waals surface area (Å²) in [5, 5.41) is 12.5. The number of rotatable bonds is 3. The Morgan fingerprint density at radius 1 is 0.364 bits per heavy atom. The van der Waals surface area contributed by atoms with Crippen LogP contribution in [-0.2, 0) is 5.41 Å². The lowest BCUT2D eigenvalue weighted by atomic mass is 9.73. The van der Waals surface area contributed by atoms with Crippen LogP contribution in [0, 0.1) is 0 Å². The fourth-order valence-corrected chi connectivity index (χ4v) is 9.97. The van der Waals surface area contributed by atoms with Crippen molar-refractivity contribution in [3.05, 3.63) is 205 Å². The minimum atomic E-state index is -0.417. The van der Waals surface area contributed by atoms with E-state index in [1.165, 1.54) is 93.2 Å². The van der Waals surface area contributed by atoms with Crippen molar-refractivity contribution >= 4 is 65.0 Å². The van der Waals surface area contributed by atoms with Gasteiger partial charge in [-0.25, -0.2) is 0 Å². The number of para-hydroxylation sites is 1. The van der Waals surface area contributed by atoms with Crippen LogP contribution in [0.4, 0.5) is 0 Å². The number of fused-ring (bicyclic) bond motifs is 12. The Kier molecular flexibility index (Phi) is 6.25. The lowest BCUT2D eigenvalue weighted by Crippen LogP contribution is -2.22. The molecule has 1 nitrogen and oxygen atoms in total. The largest absolute Gasteiger partial charge is 0.456 e. The van der Waals surface area contributed by atoms with Crippen LogP contribution in [0.25, 0.3) is 98.4 Å². The Balaban J connectivity index is 1.20. The van der Waals surface area contributed by atoms with Crippen LogP contribution in [0.15, 0.2) is 192 Å². The monoisotopic (exact) mass is 698 g/mol. The molecule has 0 amide bonds. The third kappa shape index (κ3) is 4.18. The van der Waals surface area contributed by atoms with E-state index in [2.05, 4.69) is 189 Å². The summed E-state index contributed by atoms with van der Waals surface area (Å²) in [4.78, 5) is 0. The molecule has 256 valence electrons. The summed E-state index contributed by atoms with van der Waals surface area (Å²) < 4.78 is 6.33. The van der Waals surface area contributed by atoms with Gasteiger partial charge < -0.3 is 4.42 Å². The topological polar surface area (TPSA) is 13.1 Å². The van der Waals surface area contributed by atoms with Crippen molar-refractivity contribution in [2.45, 2.75) is 12.3 Å². The molecule has 1 atom stereocenters. The lowest BCUT2D eigenvalue weighted by Gasteiger charge is -2.29. The van der Waals surface area contributed by atoms with Crippen LogP contribution in [0.3, 0.4) is 0 Å². The van der Waals surface area contributed by atoms with Gasteiger partial charge in [0.25, 0.3) is 0 Å². The van der Waals surface area contributed by atoms with Gasteiger partial charge in [-0.15, -0.1) is 0 Å². The van der Waals surface area contributed by atoms with Crippen molar-refractivity contribution < 1.29 is 4.42 Å². The van der Waals surface area contributed by atoms with Crippen molar-refractivity contribution in [1.29, 1.82) is 0 Å². The summed E-state index contributed by atoms with van der Waals surface area (Å²) in [5.74, 6) is 0. The molecule has 0 N–H and O–H groups in total. The fraction of sp³-hybridized carbons (Fsp3) is 0.0370. The third-order valence-corrected chi connectivity index (χ3v) is 12.5. The number of hydrogen-bond acceptors (Lipinski definition) is 1. The highest BCUT2D eigenvalue weighted by atomic mass is 16.3. The zero-order valence-electron chi connectivity index (χ0n) is 30.3. The van der Waals surface area contributed by atoms with Gasteiger partial charge in [-0.05, 0) is 124 Å². The van der Waals surface area contributed by atoms with Gasteiger partial charge in [0.1, 0.15) is 11.2 Å². The molecular weight excluding hydrogens is 665 g/mol. The Labute approximate surface area is 318 Å². The first kappa shape index (κ1) is 30.5. The van der Waals surface area contributed by atoms with Crippen LogP contribution < -0.4 is 0 Å². The van der Waals surface area contributed by atoms with Crippen LogP contribution in [0.1, 0.15) is 23.6 Å². The second-order valence-electron chi connectivity index (χ2n) is 15.3. The van der Waals surface area contributed by atoms with Crippen molar-refractivity contribution in [3.63, 3.8) is 0 Å². The van der Waals surface area contributed by atoms with Gasteiger partial charge in [0.2, 0.25) is 0 Å². The second-order valence-corrected chi connectivity index (χ2v) is 15.3. The van der Waals surface area contributed by atoms with Crippen molar-refractivity contribution in [3.8, 4) is 33.4 Å². The number of furan rings is 1. The molecule has 55 heavy (non-hydrogen) atoms. The minimum Gasteiger partial charge on any atom is -0.456 e. The molecule has 11 aromatic rings. The molecule has 12 rings (SSSR count). The molecule has 0 saturated carbocycles. The van der Waals surface area contributed by atoms with Gasteiger partial charge in [0.15, 0.2) is 0 Å². The third-order valence-electron chi connectivity index (χ3n) is 12.5. The molecule has 0 radical (unpaired) electrons. The maximum atomic E-state index is 6.33. The van der Waals surface area contributed by atoms with Gasteiger partial charge in [0, 0.05) is 16.2 Å². The molecule has 0 aliphatic heterocycles. The Bertz CT molecular complexity index is 3380. The molecule has 1 aliphatic carbocycles. The van der Waals surface area contributed by atoms with E-state index in [9.17, 15) is 0 Å². The summed E-state index contributed by atoms with van der Waals surface area (Å²) in [6, 6.07) is 69.5. The first-order valence-corrected chi connectivity index (χ1v) is 19.2. The molecule has 1 heterocycles. The smallest absolute Gasteiger partial charge is 0.135 e. The number of hydrogen-bond donors (Lipinski definition) is 0. The molecule has 0 bridgehead atoms. The first-order valence-electron chi connectivity index (χ1n) is 19.2. The van der Waals surface area contributed by atoms with E-state index in [4.69, 9.17) is 4.42 Å². The summed E-state index contributed by atoms with van der Waals surface area (Å²) in [6.07, 6.45) is 0. The molecule has 1 aromatic heterocycles. The van der Waals surface area contributed by atoms with Gasteiger partial charge in [-0.1, -0.05) is 164 Å². The first-order chi connectivity index (χ1) is 27.2. The van der Waals surface area contributed by atoms with E-state index in [0.717, 1.165) is 21.9 Å². The normalized spacial score (nSPS) is 15.1. The molecule has 0 saturated heterocycles. The molecular formula is C54H34O. The van der Waals surface area contributed by atoms with E-state index >= 15 is 0 Å². The molecule has 1 heteroatoms. The Morgan fingerprint density at radius 2 is 1.00 bits per heavy atom. The van der Waals surface area contributed by atoms with E-state index in [0.29, 0.717) is 0 Å². The Hall–Kier alpha value is -6.96. The molecule has 0 spiro atoms. The highest BCUT2D eigenvalue weighted by Gasteiger charge is 2.42. The van der Waals surface area contributed by atoms with Crippen LogP contribution in [-0.4, -0.2) is 0 Å². The Morgan fingerprint density at radius 3 is 1.82 bits per heavy atom. The predicted octanol–water partition coefficient (Wildman–Crippen LogP) is 14.9. The maximum absolute atomic E-state index is 6.33. The predicted molar refractivity (Wildman–Crippen MR) is 232 cm³/mol. The van der Waals surface area contributed by atoms with E-state index in [1.807, 2.05) is 6.07 Å². The van der Waals surface area contributed by atoms with Crippen molar-refractivity contribution in [2.24, 2.45) is 0 Å². The van der Waals surface area contributed by atoms with Gasteiger partial charge in [-0.2, -0.15) is 0 Å². The van der Waals surface area contributed by atoms with Crippen LogP contribution in [0.5, 0.6) is 0 Å². The van der Waals surface area contributed by atoms with Crippen molar-refractivity contribution in [2.75, 3.05) is 0 Å². The average molecular weight is 699 g/mol. The summed E-state index contributed by atoms with van der Waals surface area (Å²) in [6.45, 7) is 2.43. The zero-order chi connectivity index (χ0) is 36.3.